The van der Waals surface area contributed by atoms with Crippen LogP contribution in [-0.2, 0) is 4.79 Å². The van der Waals surface area contributed by atoms with Crippen molar-refractivity contribution in [2.75, 3.05) is 13.2 Å². The van der Waals surface area contributed by atoms with Crippen LogP contribution in [-0.4, -0.2) is 47.2 Å². The highest BCUT2D eigenvalue weighted by Gasteiger charge is 2.30. The van der Waals surface area contributed by atoms with E-state index in [0.717, 1.165) is 12.8 Å². The monoisotopic (exact) mass is 282 g/mol. The van der Waals surface area contributed by atoms with Gasteiger partial charge in [-0.1, -0.05) is 32.1 Å². The van der Waals surface area contributed by atoms with Crippen LogP contribution in [0.3, 0.4) is 0 Å². The topological polar surface area (TPSA) is 52.6 Å². The molecule has 1 amide bonds. The predicted molar refractivity (Wildman–Crippen MR) is 80.5 cm³/mol. The van der Waals surface area contributed by atoms with Crippen LogP contribution in [0.15, 0.2) is 0 Å². The molecule has 0 aromatic rings. The summed E-state index contributed by atoms with van der Waals surface area (Å²) in [6, 6.07) is 0.736. The fourth-order valence-electron chi connectivity index (χ4n) is 3.76. The van der Waals surface area contributed by atoms with E-state index in [1.165, 1.54) is 44.9 Å². The molecule has 4 heteroatoms. The molecule has 0 bridgehead atoms. The Morgan fingerprint density at radius 3 is 2.35 bits per heavy atom. The maximum absolute atomic E-state index is 12.4. The van der Waals surface area contributed by atoms with Crippen LogP contribution in [0.4, 0.5) is 0 Å². The van der Waals surface area contributed by atoms with E-state index in [9.17, 15) is 9.90 Å². The number of rotatable bonds is 6. The van der Waals surface area contributed by atoms with Gasteiger partial charge in [0.15, 0.2) is 0 Å². The van der Waals surface area contributed by atoms with E-state index in [1.54, 1.807) is 0 Å². The van der Waals surface area contributed by atoms with Crippen LogP contribution in [0.2, 0.25) is 0 Å². The van der Waals surface area contributed by atoms with Crippen LogP contribution in [0, 0.1) is 0 Å². The third-order valence-electron chi connectivity index (χ3n) is 4.98. The van der Waals surface area contributed by atoms with E-state index in [1.807, 2.05) is 6.92 Å². The lowest BCUT2D eigenvalue weighted by atomic mass is 9.95. The maximum atomic E-state index is 12.4. The van der Waals surface area contributed by atoms with Gasteiger partial charge < -0.3 is 10.4 Å². The lowest BCUT2D eigenvalue weighted by Crippen LogP contribution is -2.52. The van der Waals surface area contributed by atoms with Gasteiger partial charge in [-0.3, -0.25) is 9.69 Å². The molecule has 1 unspecified atom stereocenters. The summed E-state index contributed by atoms with van der Waals surface area (Å²) in [6.45, 7) is 2.74. The second-order valence-corrected chi connectivity index (χ2v) is 6.42. The minimum absolute atomic E-state index is 0.118. The first-order valence-corrected chi connectivity index (χ1v) is 8.39. The molecule has 4 nitrogen and oxygen atoms in total. The van der Waals surface area contributed by atoms with Crippen molar-refractivity contribution in [2.24, 2.45) is 0 Å². The first-order chi connectivity index (χ1) is 9.72. The average Bonchev–Trinajstić information content (AvgIpc) is 2.99. The van der Waals surface area contributed by atoms with Crippen molar-refractivity contribution in [3.05, 3.63) is 0 Å². The fraction of sp³-hybridized carbons (Fsp3) is 0.938. The standard InChI is InChI=1S/C16H30N2O2/c1-13(16(20)17-14-7-3-2-4-8-14)18(11-12-19)15-9-5-6-10-15/h13-15,19H,2-12H2,1H3,(H,17,20). The van der Waals surface area contributed by atoms with Gasteiger partial charge in [-0.15, -0.1) is 0 Å². The molecule has 20 heavy (non-hydrogen) atoms. The molecular weight excluding hydrogens is 252 g/mol. The van der Waals surface area contributed by atoms with E-state index in [4.69, 9.17) is 0 Å². The highest BCUT2D eigenvalue weighted by Crippen LogP contribution is 2.25. The van der Waals surface area contributed by atoms with E-state index >= 15 is 0 Å². The minimum Gasteiger partial charge on any atom is -0.395 e. The lowest BCUT2D eigenvalue weighted by Gasteiger charge is -2.34. The number of carbonyl (C=O) groups excluding carboxylic acids is 1. The van der Waals surface area contributed by atoms with Gasteiger partial charge in [-0.2, -0.15) is 0 Å². The van der Waals surface area contributed by atoms with E-state index in [0.29, 0.717) is 18.6 Å². The molecule has 0 heterocycles. The molecule has 116 valence electrons. The number of hydrogen-bond acceptors (Lipinski definition) is 3. The van der Waals surface area contributed by atoms with Gasteiger partial charge in [0.05, 0.1) is 12.6 Å². The maximum Gasteiger partial charge on any atom is 0.237 e. The number of aliphatic hydroxyl groups excluding tert-OH is 1. The molecule has 0 saturated heterocycles. The number of nitrogens with one attached hydrogen (secondary N) is 1. The van der Waals surface area contributed by atoms with Crippen molar-refractivity contribution in [3.8, 4) is 0 Å². The molecule has 0 aromatic carbocycles. The van der Waals surface area contributed by atoms with Gasteiger partial charge >= 0.3 is 0 Å². The zero-order valence-corrected chi connectivity index (χ0v) is 12.8. The van der Waals surface area contributed by atoms with Crippen molar-refractivity contribution < 1.29 is 9.90 Å². The Morgan fingerprint density at radius 1 is 1.15 bits per heavy atom. The van der Waals surface area contributed by atoms with Crippen molar-refractivity contribution in [1.29, 1.82) is 0 Å². The summed E-state index contributed by atoms with van der Waals surface area (Å²) < 4.78 is 0. The number of amides is 1. The molecule has 2 rings (SSSR count). The minimum atomic E-state index is -0.118. The lowest BCUT2D eigenvalue weighted by molar-refractivity contribution is -0.127. The van der Waals surface area contributed by atoms with Crippen molar-refractivity contribution in [3.63, 3.8) is 0 Å². The first-order valence-electron chi connectivity index (χ1n) is 8.39. The molecule has 2 aliphatic rings. The summed E-state index contributed by atoms with van der Waals surface area (Å²) >= 11 is 0. The van der Waals surface area contributed by atoms with Gasteiger partial charge in [0, 0.05) is 18.6 Å². The summed E-state index contributed by atoms with van der Waals surface area (Å²) in [5.41, 5.74) is 0. The van der Waals surface area contributed by atoms with Crippen LogP contribution in [0.25, 0.3) is 0 Å². The van der Waals surface area contributed by atoms with Crippen LogP contribution >= 0.6 is 0 Å². The Labute approximate surface area is 122 Å². The molecule has 2 fully saturated rings. The van der Waals surface area contributed by atoms with E-state index < -0.39 is 0 Å². The highest BCUT2D eigenvalue weighted by molar-refractivity contribution is 5.81. The first kappa shape index (κ1) is 15.8. The highest BCUT2D eigenvalue weighted by atomic mass is 16.3. The molecule has 0 radical (unpaired) electrons. The van der Waals surface area contributed by atoms with E-state index in [2.05, 4.69) is 10.2 Å². The van der Waals surface area contributed by atoms with Gasteiger partial charge in [0.1, 0.15) is 0 Å². The Bertz CT molecular complexity index is 297. The zero-order valence-electron chi connectivity index (χ0n) is 12.8. The Balaban J connectivity index is 1.87. The second kappa shape index (κ2) is 7.99. The van der Waals surface area contributed by atoms with Gasteiger partial charge in [-0.05, 0) is 32.6 Å². The van der Waals surface area contributed by atoms with Crippen molar-refractivity contribution in [1.82, 2.24) is 10.2 Å². The third-order valence-corrected chi connectivity index (χ3v) is 4.98. The fourth-order valence-corrected chi connectivity index (χ4v) is 3.76. The summed E-state index contributed by atoms with van der Waals surface area (Å²) in [4.78, 5) is 14.7. The number of carbonyl (C=O) groups is 1. The molecule has 2 N–H and O–H groups in total. The van der Waals surface area contributed by atoms with Crippen LogP contribution in [0.1, 0.15) is 64.7 Å². The van der Waals surface area contributed by atoms with Gasteiger partial charge in [-0.25, -0.2) is 0 Å². The Morgan fingerprint density at radius 2 is 1.75 bits per heavy atom. The number of nitrogens with zero attached hydrogens (tertiary/aromatic N) is 1. The molecule has 2 aliphatic carbocycles. The van der Waals surface area contributed by atoms with Crippen LogP contribution in [0.5, 0.6) is 0 Å². The average molecular weight is 282 g/mol. The Kier molecular flexibility index (Phi) is 6.30. The normalized spacial score (nSPS) is 23.1. The van der Waals surface area contributed by atoms with Crippen molar-refractivity contribution >= 4 is 5.91 Å². The summed E-state index contributed by atoms with van der Waals surface area (Å²) in [5.74, 6) is 0.150. The zero-order chi connectivity index (χ0) is 14.4. The second-order valence-electron chi connectivity index (χ2n) is 6.42. The quantitative estimate of drug-likeness (QED) is 0.784. The summed E-state index contributed by atoms with van der Waals surface area (Å²) in [5, 5.41) is 12.5. The molecule has 2 saturated carbocycles. The van der Waals surface area contributed by atoms with E-state index in [-0.39, 0.29) is 18.6 Å². The number of aliphatic hydroxyl groups is 1. The van der Waals surface area contributed by atoms with Gasteiger partial charge in [0.2, 0.25) is 5.91 Å². The molecule has 0 spiro atoms. The molecule has 0 aromatic heterocycles. The van der Waals surface area contributed by atoms with Crippen molar-refractivity contribution in [2.45, 2.75) is 82.8 Å². The third kappa shape index (κ3) is 4.19. The van der Waals surface area contributed by atoms with Gasteiger partial charge in [0.25, 0.3) is 0 Å². The number of hydrogen-bond donors (Lipinski definition) is 2. The molecule has 1 atom stereocenters. The SMILES string of the molecule is CC(C(=O)NC1CCCCC1)N(CCO)C1CCCC1. The summed E-state index contributed by atoms with van der Waals surface area (Å²) in [7, 11) is 0. The largest absolute Gasteiger partial charge is 0.395 e. The predicted octanol–water partition coefficient (Wildman–Crippen LogP) is 2.06. The summed E-state index contributed by atoms with van der Waals surface area (Å²) in [6.07, 6.45) is 10.9. The Hall–Kier alpha value is -0.610. The smallest absolute Gasteiger partial charge is 0.237 e. The molecular formula is C16H30N2O2. The van der Waals surface area contributed by atoms with Crippen LogP contribution < -0.4 is 5.32 Å². The molecule has 0 aliphatic heterocycles.